The van der Waals surface area contributed by atoms with Gasteiger partial charge >= 0.3 is 0 Å². The first-order valence-corrected chi connectivity index (χ1v) is 9.82. The number of benzene rings is 1. The lowest BCUT2D eigenvalue weighted by atomic mass is 9.99. The molecular formula is C18H24N2O5S. The van der Waals surface area contributed by atoms with E-state index in [-0.39, 0.29) is 17.4 Å². The van der Waals surface area contributed by atoms with E-state index in [4.69, 9.17) is 9.15 Å². The van der Waals surface area contributed by atoms with Gasteiger partial charge in [-0.1, -0.05) is 20.3 Å². The molecule has 2 unspecified atom stereocenters. The highest BCUT2D eigenvalue weighted by molar-refractivity contribution is 7.89. The van der Waals surface area contributed by atoms with E-state index in [1.165, 1.54) is 25.5 Å². The van der Waals surface area contributed by atoms with Crippen LogP contribution in [0.2, 0.25) is 0 Å². The van der Waals surface area contributed by atoms with Gasteiger partial charge in [0.25, 0.3) is 0 Å². The van der Waals surface area contributed by atoms with Crippen LogP contribution in [0.1, 0.15) is 26.0 Å². The molecule has 0 fully saturated rings. The van der Waals surface area contributed by atoms with Gasteiger partial charge in [0.2, 0.25) is 15.9 Å². The van der Waals surface area contributed by atoms with Crippen LogP contribution in [-0.4, -0.2) is 27.5 Å². The minimum atomic E-state index is -3.85. The molecule has 1 heterocycles. The maximum Gasteiger partial charge on any atom is 0.241 e. The number of amides is 1. The standard InChI is InChI=1S/C18H24N2O5S/c1-4-13(2)17(18(21)19-12-15-6-5-11-25-15)20-26(22,23)16-9-7-14(24-3)8-10-16/h5-11,13,17,20H,4,12H2,1-3H3,(H,19,21). The molecule has 0 saturated carbocycles. The van der Waals surface area contributed by atoms with Gasteiger partial charge in [-0.25, -0.2) is 8.42 Å². The van der Waals surface area contributed by atoms with Crippen molar-refractivity contribution in [2.24, 2.45) is 5.92 Å². The molecule has 1 amide bonds. The van der Waals surface area contributed by atoms with E-state index in [9.17, 15) is 13.2 Å². The Kier molecular flexibility index (Phi) is 6.82. The Morgan fingerprint density at radius 2 is 1.92 bits per heavy atom. The summed E-state index contributed by atoms with van der Waals surface area (Å²) in [4.78, 5) is 12.6. The van der Waals surface area contributed by atoms with Gasteiger partial charge < -0.3 is 14.5 Å². The first kappa shape index (κ1) is 20.0. The fourth-order valence-electron chi connectivity index (χ4n) is 2.35. The fraction of sp³-hybridized carbons (Fsp3) is 0.389. The van der Waals surface area contributed by atoms with Crippen molar-refractivity contribution in [2.75, 3.05) is 7.11 Å². The maximum atomic E-state index is 12.6. The minimum absolute atomic E-state index is 0.0745. The Morgan fingerprint density at radius 3 is 2.46 bits per heavy atom. The summed E-state index contributed by atoms with van der Waals surface area (Å²) >= 11 is 0. The van der Waals surface area contributed by atoms with Gasteiger partial charge in [-0.2, -0.15) is 4.72 Å². The second-order valence-electron chi connectivity index (χ2n) is 5.96. The topological polar surface area (TPSA) is 97.6 Å². The Hall–Kier alpha value is -2.32. The van der Waals surface area contributed by atoms with Gasteiger partial charge in [0.1, 0.15) is 17.6 Å². The molecule has 0 bridgehead atoms. The molecule has 0 aliphatic carbocycles. The third-order valence-electron chi connectivity index (χ3n) is 4.16. The molecule has 7 nitrogen and oxygen atoms in total. The zero-order valence-electron chi connectivity index (χ0n) is 15.1. The molecule has 0 saturated heterocycles. The number of rotatable bonds is 9. The Bertz CT molecular complexity index is 801. The molecule has 2 rings (SSSR count). The number of hydrogen-bond acceptors (Lipinski definition) is 5. The van der Waals surface area contributed by atoms with E-state index in [2.05, 4.69) is 10.0 Å². The molecule has 2 N–H and O–H groups in total. The second-order valence-corrected chi connectivity index (χ2v) is 7.67. The summed E-state index contributed by atoms with van der Waals surface area (Å²) in [5.41, 5.74) is 0. The zero-order chi connectivity index (χ0) is 19.2. The smallest absolute Gasteiger partial charge is 0.241 e. The van der Waals surface area contributed by atoms with Crippen molar-refractivity contribution in [2.45, 2.75) is 37.8 Å². The molecule has 8 heteroatoms. The summed E-state index contributed by atoms with van der Waals surface area (Å²) in [5, 5.41) is 2.71. The van der Waals surface area contributed by atoms with Crippen molar-refractivity contribution in [3.8, 4) is 5.75 Å². The molecule has 1 aromatic heterocycles. The minimum Gasteiger partial charge on any atom is -0.497 e. The summed E-state index contributed by atoms with van der Waals surface area (Å²) in [6.07, 6.45) is 2.16. The highest BCUT2D eigenvalue weighted by Crippen LogP contribution is 2.18. The number of furan rings is 1. The molecule has 0 aliphatic rings. The normalized spacial score (nSPS) is 13.8. The molecule has 142 valence electrons. The van der Waals surface area contributed by atoms with Crippen LogP contribution in [0.15, 0.2) is 52.0 Å². The largest absolute Gasteiger partial charge is 0.497 e. The van der Waals surface area contributed by atoms with Crippen LogP contribution in [0.4, 0.5) is 0 Å². The van der Waals surface area contributed by atoms with E-state index < -0.39 is 22.0 Å². The van der Waals surface area contributed by atoms with E-state index in [0.717, 1.165) is 0 Å². The van der Waals surface area contributed by atoms with Crippen LogP contribution >= 0.6 is 0 Å². The van der Waals surface area contributed by atoms with Crippen LogP contribution in [-0.2, 0) is 21.4 Å². The van der Waals surface area contributed by atoms with Crippen molar-refractivity contribution in [3.05, 3.63) is 48.4 Å². The van der Waals surface area contributed by atoms with Crippen molar-refractivity contribution in [1.29, 1.82) is 0 Å². The summed E-state index contributed by atoms with van der Waals surface area (Å²) < 4.78 is 38.0. The number of methoxy groups -OCH3 is 1. The summed E-state index contributed by atoms with van der Waals surface area (Å²) in [6, 6.07) is 8.57. The number of carbonyl (C=O) groups excluding carboxylic acids is 1. The van der Waals surface area contributed by atoms with Crippen molar-refractivity contribution in [1.82, 2.24) is 10.0 Å². The van der Waals surface area contributed by atoms with Gasteiger partial charge in [0, 0.05) is 0 Å². The highest BCUT2D eigenvalue weighted by atomic mass is 32.2. The fourth-order valence-corrected chi connectivity index (χ4v) is 3.66. The summed E-state index contributed by atoms with van der Waals surface area (Å²) in [5.74, 6) is 0.574. The number of sulfonamides is 1. The Labute approximate surface area is 153 Å². The number of carbonyl (C=O) groups is 1. The van der Waals surface area contributed by atoms with Crippen LogP contribution in [0.25, 0.3) is 0 Å². The van der Waals surface area contributed by atoms with E-state index in [1.807, 2.05) is 13.8 Å². The molecule has 26 heavy (non-hydrogen) atoms. The maximum absolute atomic E-state index is 12.6. The van der Waals surface area contributed by atoms with Gasteiger partial charge in [-0.15, -0.1) is 0 Å². The number of nitrogens with one attached hydrogen (secondary N) is 2. The predicted octanol–water partition coefficient (Wildman–Crippen LogP) is 2.30. The van der Waals surface area contributed by atoms with Gasteiger partial charge in [-0.05, 0) is 42.3 Å². The Morgan fingerprint density at radius 1 is 1.23 bits per heavy atom. The molecule has 0 aliphatic heterocycles. The van der Waals surface area contributed by atoms with E-state index >= 15 is 0 Å². The predicted molar refractivity (Wildman–Crippen MR) is 97.1 cm³/mol. The average Bonchev–Trinajstić information content (AvgIpc) is 3.17. The van der Waals surface area contributed by atoms with Gasteiger partial charge in [0.05, 0.1) is 24.8 Å². The lowest BCUT2D eigenvalue weighted by Gasteiger charge is -2.23. The Balaban J connectivity index is 2.13. The number of hydrogen-bond donors (Lipinski definition) is 2. The summed E-state index contributed by atoms with van der Waals surface area (Å²) in [7, 11) is -2.34. The molecular weight excluding hydrogens is 356 g/mol. The van der Waals surface area contributed by atoms with Crippen molar-refractivity contribution >= 4 is 15.9 Å². The SMILES string of the molecule is CCC(C)C(NS(=O)(=O)c1ccc(OC)cc1)C(=O)NCc1ccco1. The van der Waals surface area contributed by atoms with Crippen molar-refractivity contribution in [3.63, 3.8) is 0 Å². The van der Waals surface area contributed by atoms with Gasteiger partial charge in [0.15, 0.2) is 0 Å². The second kappa shape index (κ2) is 8.86. The lowest BCUT2D eigenvalue weighted by molar-refractivity contribution is -0.124. The molecule has 1 aromatic carbocycles. The molecule has 2 aromatic rings. The molecule has 2 atom stereocenters. The van der Waals surface area contributed by atoms with Crippen LogP contribution < -0.4 is 14.8 Å². The first-order chi connectivity index (χ1) is 12.4. The van der Waals surface area contributed by atoms with Crippen LogP contribution in [0, 0.1) is 5.92 Å². The molecule has 0 spiro atoms. The van der Waals surface area contributed by atoms with Crippen LogP contribution in [0.5, 0.6) is 5.75 Å². The quantitative estimate of drug-likeness (QED) is 0.696. The van der Waals surface area contributed by atoms with E-state index in [0.29, 0.717) is 17.9 Å². The van der Waals surface area contributed by atoms with Gasteiger partial charge in [-0.3, -0.25) is 4.79 Å². The van der Waals surface area contributed by atoms with E-state index in [1.54, 1.807) is 24.3 Å². The zero-order valence-corrected chi connectivity index (χ0v) is 15.9. The third-order valence-corrected chi connectivity index (χ3v) is 5.62. The number of ether oxygens (including phenoxy) is 1. The summed E-state index contributed by atoms with van der Waals surface area (Å²) in [6.45, 7) is 3.93. The highest BCUT2D eigenvalue weighted by Gasteiger charge is 2.29. The van der Waals surface area contributed by atoms with Crippen LogP contribution in [0.3, 0.4) is 0 Å². The first-order valence-electron chi connectivity index (χ1n) is 8.34. The van der Waals surface area contributed by atoms with Crippen molar-refractivity contribution < 1.29 is 22.4 Å². The monoisotopic (exact) mass is 380 g/mol. The molecule has 0 radical (unpaired) electrons. The average molecular weight is 380 g/mol. The lowest BCUT2D eigenvalue weighted by Crippen LogP contribution is -2.49. The third kappa shape index (κ3) is 5.09.